The molecule has 0 saturated heterocycles. The lowest BCUT2D eigenvalue weighted by molar-refractivity contribution is 0.0971. The van der Waals surface area contributed by atoms with Crippen molar-refractivity contribution < 1.29 is 17.9 Å². The van der Waals surface area contributed by atoms with Gasteiger partial charge in [-0.3, -0.25) is 9.20 Å². The number of hydrogen-bond donors (Lipinski definition) is 0. The number of halogens is 1. The van der Waals surface area contributed by atoms with Crippen LogP contribution in [0.1, 0.15) is 48.8 Å². The molecule has 1 aliphatic carbocycles. The van der Waals surface area contributed by atoms with Crippen LogP contribution in [0.4, 0.5) is 0 Å². The quantitative estimate of drug-likeness (QED) is 0.588. The number of carbonyl (C=O) groups excluding carboxylic acids is 1. The summed E-state index contributed by atoms with van der Waals surface area (Å²) in [5, 5.41) is 0. The second-order valence-corrected chi connectivity index (χ2v) is 8.61. The molecule has 2 heterocycles. The fraction of sp³-hybridized carbons (Fsp3) is 0.556. The predicted molar refractivity (Wildman–Crippen MR) is 106 cm³/mol. The molecule has 1 aliphatic rings. The molecule has 9 heteroatoms. The first kappa shape index (κ1) is 21.7. The molecule has 0 unspecified atom stereocenters. The number of rotatable bonds is 9. The van der Waals surface area contributed by atoms with Gasteiger partial charge in [0.2, 0.25) is 10.0 Å². The van der Waals surface area contributed by atoms with Gasteiger partial charge in [0.05, 0.1) is 18.6 Å². The fourth-order valence-electron chi connectivity index (χ4n) is 3.26. The minimum Gasteiger partial charge on any atom is -0.490 e. The molecule has 0 atom stereocenters. The Labute approximate surface area is 166 Å². The number of aryl methyl sites for hydroxylation is 1. The summed E-state index contributed by atoms with van der Waals surface area (Å²) in [5.41, 5.74) is 1.83. The van der Waals surface area contributed by atoms with Crippen molar-refractivity contribution in [1.29, 1.82) is 0 Å². The van der Waals surface area contributed by atoms with Crippen LogP contribution in [-0.4, -0.2) is 53.3 Å². The number of ether oxygens (including phenoxy) is 1. The van der Waals surface area contributed by atoms with Crippen LogP contribution in [0.3, 0.4) is 0 Å². The van der Waals surface area contributed by atoms with Crippen molar-refractivity contribution in [3.8, 4) is 5.75 Å². The van der Waals surface area contributed by atoms with E-state index in [0.29, 0.717) is 42.4 Å². The molecule has 2 aromatic heterocycles. The minimum absolute atomic E-state index is 0. The Morgan fingerprint density at radius 3 is 2.70 bits per heavy atom. The normalized spacial score (nSPS) is 14.4. The molecule has 1 saturated carbocycles. The summed E-state index contributed by atoms with van der Waals surface area (Å²) in [6.07, 6.45) is 5.64. The molecule has 0 aromatic carbocycles. The number of hydrogen-bond acceptors (Lipinski definition) is 5. The molecule has 27 heavy (non-hydrogen) atoms. The molecule has 0 bridgehead atoms. The van der Waals surface area contributed by atoms with Crippen LogP contribution in [0.15, 0.2) is 18.3 Å². The molecule has 0 aliphatic heterocycles. The van der Waals surface area contributed by atoms with Gasteiger partial charge in [0.1, 0.15) is 5.69 Å². The topological polar surface area (TPSA) is 81.0 Å². The summed E-state index contributed by atoms with van der Waals surface area (Å²) in [4.78, 5) is 17.2. The number of pyridine rings is 1. The number of Topliss-reactive ketones (excluding diaryl/α,β-unsaturated/α-hetero) is 1. The monoisotopic (exact) mass is 415 g/mol. The van der Waals surface area contributed by atoms with Gasteiger partial charge in [-0.25, -0.2) is 13.4 Å². The van der Waals surface area contributed by atoms with Crippen LogP contribution in [0.25, 0.3) is 5.65 Å². The van der Waals surface area contributed by atoms with Crippen LogP contribution in [-0.2, 0) is 10.0 Å². The van der Waals surface area contributed by atoms with Crippen molar-refractivity contribution >= 4 is 33.9 Å². The standard InChI is InChI=1S/C18H25N3O4S.ClH/c1-4-25-16-8-6-11-20-17(13(2)19-18(16)20)15(22)7-5-12-21(14-9-10-14)26(3,23)24;/h6,8,11,14H,4-5,7,9-10,12H2,1-3H3;1H. The lowest BCUT2D eigenvalue weighted by Crippen LogP contribution is -2.33. The van der Waals surface area contributed by atoms with E-state index in [1.165, 1.54) is 10.6 Å². The van der Waals surface area contributed by atoms with Crippen molar-refractivity contribution in [1.82, 2.24) is 13.7 Å². The Hall–Kier alpha value is -1.64. The number of sulfonamides is 1. The van der Waals surface area contributed by atoms with E-state index in [4.69, 9.17) is 4.74 Å². The summed E-state index contributed by atoms with van der Waals surface area (Å²) < 4.78 is 32.6. The lowest BCUT2D eigenvalue weighted by Gasteiger charge is -2.18. The van der Waals surface area contributed by atoms with Gasteiger partial charge in [-0.1, -0.05) is 0 Å². The van der Waals surface area contributed by atoms with Crippen LogP contribution in [0.5, 0.6) is 5.75 Å². The van der Waals surface area contributed by atoms with Crippen molar-refractivity contribution in [3.05, 3.63) is 29.7 Å². The smallest absolute Gasteiger partial charge is 0.211 e. The van der Waals surface area contributed by atoms with E-state index >= 15 is 0 Å². The molecule has 150 valence electrons. The molecule has 0 spiro atoms. The van der Waals surface area contributed by atoms with Gasteiger partial charge in [-0.2, -0.15) is 4.31 Å². The van der Waals surface area contributed by atoms with Crippen molar-refractivity contribution in [2.75, 3.05) is 19.4 Å². The molecule has 0 radical (unpaired) electrons. The number of aromatic nitrogens is 2. The highest BCUT2D eigenvalue weighted by Gasteiger charge is 2.34. The fourth-order valence-corrected chi connectivity index (χ4v) is 4.47. The average molecular weight is 416 g/mol. The maximum Gasteiger partial charge on any atom is 0.211 e. The Morgan fingerprint density at radius 1 is 1.41 bits per heavy atom. The third-order valence-electron chi connectivity index (χ3n) is 4.51. The van der Waals surface area contributed by atoms with E-state index in [0.717, 1.165) is 12.8 Å². The molecular weight excluding hydrogens is 390 g/mol. The first-order chi connectivity index (χ1) is 12.3. The molecule has 2 aromatic rings. The van der Waals surface area contributed by atoms with Crippen molar-refractivity contribution in [2.45, 2.75) is 45.6 Å². The van der Waals surface area contributed by atoms with Gasteiger partial charge >= 0.3 is 0 Å². The molecule has 7 nitrogen and oxygen atoms in total. The maximum atomic E-state index is 12.8. The van der Waals surface area contributed by atoms with E-state index in [-0.39, 0.29) is 30.7 Å². The lowest BCUT2D eigenvalue weighted by atomic mass is 10.1. The van der Waals surface area contributed by atoms with E-state index in [1.54, 1.807) is 10.6 Å². The number of nitrogens with zero attached hydrogens (tertiary/aromatic N) is 3. The number of ketones is 1. The number of carbonyl (C=O) groups is 1. The van der Waals surface area contributed by atoms with Crippen LogP contribution in [0.2, 0.25) is 0 Å². The zero-order valence-corrected chi connectivity index (χ0v) is 17.5. The Bertz CT molecular complexity index is 922. The molecule has 0 N–H and O–H groups in total. The third-order valence-corrected chi connectivity index (χ3v) is 5.85. The Balaban J connectivity index is 0.00000261. The van der Waals surface area contributed by atoms with Gasteiger partial charge < -0.3 is 4.74 Å². The van der Waals surface area contributed by atoms with Crippen LogP contribution >= 0.6 is 12.4 Å². The summed E-state index contributed by atoms with van der Waals surface area (Å²) >= 11 is 0. The van der Waals surface area contributed by atoms with Gasteiger partial charge in [0.15, 0.2) is 17.2 Å². The molecule has 1 fully saturated rings. The highest BCUT2D eigenvalue weighted by atomic mass is 35.5. The SMILES string of the molecule is CCOc1cccn2c(C(=O)CCCN(C3CC3)S(C)(=O)=O)c(C)nc12.Cl. The Morgan fingerprint density at radius 2 is 2.11 bits per heavy atom. The Kier molecular flexibility index (Phi) is 6.88. The van der Waals surface area contributed by atoms with E-state index in [9.17, 15) is 13.2 Å². The summed E-state index contributed by atoms with van der Waals surface area (Å²) in [6.45, 7) is 4.62. The largest absolute Gasteiger partial charge is 0.490 e. The first-order valence-corrected chi connectivity index (χ1v) is 10.8. The second-order valence-electron chi connectivity index (χ2n) is 6.68. The summed E-state index contributed by atoms with van der Waals surface area (Å²) in [6, 6.07) is 3.78. The zero-order valence-electron chi connectivity index (χ0n) is 15.8. The number of imidazole rings is 1. The summed E-state index contributed by atoms with van der Waals surface area (Å²) in [5.74, 6) is 0.613. The second kappa shape index (κ2) is 8.58. The predicted octanol–water partition coefficient (Wildman–Crippen LogP) is 2.85. The van der Waals surface area contributed by atoms with E-state index in [2.05, 4.69) is 4.98 Å². The molecule has 0 amide bonds. The minimum atomic E-state index is -3.22. The molecule has 3 rings (SSSR count). The van der Waals surface area contributed by atoms with Crippen LogP contribution < -0.4 is 4.74 Å². The highest BCUT2D eigenvalue weighted by Crippen LogP contribution is 2.29. The van der Waals surface area contributed by atoms with Crippen molar-refractivity contribution in [3.63, 3.8) is 0 Å². The number of fused-ring (bicyclic) bond motifs is 1. The van der Waals surface area contributed by atoms with Gasteiger partial charge in [-0.05, 0) is 45.2 Å². The van der Waals surface area contributed by atoms with Gasteiger partial charge in [0, 0.05) is 25.2 Å². The highest BCUT2D eigenvalue weighted by molar-refractivity contribution is 7.88. The molecular formula is C18H26ClN3O4S. The van der Waals surface area contributed by atoms with Gasteiger partial charge in [0.25, 0.3) is 0 Å². The van der Waals surface area contributed by atoms with Gasteiger partial charge in [-0.15, -0.1) is 12.4 Å². The summed E-state index contributed by atoms with van der Waals surface area (Å²) in [7, 11) is -3.22. The van der Waals surface area contributed by atoms with E-state index in [1.807, 2.05) is 26.0 Å². The van der Waals surface area contributed by atoms with Crippen molar-refractivity contribution in [2.24, 2.45) is 0 Å². The third kappa shape index (κ3) is 4.80. The van der Waals surface area contributed by atoms with Crippen LogP contribution in [0, 0.1) is 6.92 Å². The van der Waals surface area contributed by atoms with E-state index < -0.39 is 10.0 Å². The zero-order chi connectivity index (χ0) is 18.9. The maximum absolute atomic E-state index is 12.8. The first-order valence-electron chi connectivity index (χ1n) is 8.93. The average Bonchev–Trinajstić information content (AvgIpc) is 3.32.